The van der Waals surface area contributed by atoms with Crippen molar-refractivity contribution in [2.45, 2.75) is 18.7 Å². The molecule has 0 saturated carbocycles. The van der Waals surface area contributed by atoms with E-state index in [1.54, 1.807) is 26.0 Å². The zero-order valence-corrected chi connectivity index (χ0v) is 16.9. The molecule has 0 aliphatic rings. The van der Waals surface area contributed by atoms with Crippen molar-refractivity contribution in [1.82, 2.24) is 4.31 Å². The van der Waals surface area contributed by atoms with Gasteiger partial charge in [0.15, 0.2) is 6.61 Å². The summed E-state index contributed by atoms with van der Waals surface area (Å²) in [5, 5.41) is 12.5. The van der Waals surface area contributed by atoms with Crippen LogP contribution in [-0.4, -0.2) is 49.3 Å². The number of ether oxygens (including phenoxy) is 1. The molecule has 0 radical (unpaired) electrons. The molecule has 0 atom stereocenters. The fraction of sp³-hybridized carbons (Fsp3) is 0.263. The van der Waals surface area contributed by atoms with E-state index < -0.39 is 21.8 Å². The molecule has 29 heavy (non-hydrogen) atoms. The molecule has 10 heteroatoms. The smallest absolute Gasteiger partial charge is 0.255 e. The average molecular weight is 421 g/mol. The van der Waals surface area contributed by atoms with Gasteiger partial charge in [-0.05, 0) is 36.4 Å². The fourth-order valence-electron chi connectivity index (χ4n) is 2.56. The molecule has 0 bridgehead atoms. The zero-order valence-electron chi connectivity index (χ0n) is 16.1. The van der Waals surface area contributed by atoms with Crippen molar-refractivity contribution in [3.8, 4) is 11.5 Å². The SMILES string of the molecule is CCN(CC)S(=O)(=O)c1ccc(O)c(NC(=O)c2cccc(OCC(N)=O)c2)c1. The van der Waals surface area contributed by atoms with Gasteiger partial charge >= 0.3 is 0 Å². The Bertz CT molecular complexity index is 1000. The first-order chi connectivity index (χ1) is 13.7. The van der Waals surface area contributed by atoms with Crippen LogP contribution in [0.25, 0.3) is 0 Å². The van der Waals surface area contributed by atoms with Crippen molar-refractivity contribution in [3.05, 3.63) is 48.0 Å². The number of phenolic OH excluding ortho intramolecular Hbond substituents is 1. The standard InChI is InChI=1S/C19H23N3O6S/c1-3-22(4-2)29(26,27)15-8-9-17(23)16(11-15)21-19(25)13-6-5-7-14(10-13)28-12-18(20)24/h5-11,23H,3-4,12H2,1-2H3,(H2,20,24)(H,21,25). The molecular formula is C19H23N3O6S. The Morgan fingerprint density at radius 1 is 1.14 bits per heavy atom. The van der Waals surface area contributed by atoms with Crippen LogP contribution in [0.1, 0.15) is 24.2 Å². The van der Waals surface area contributed by atoms with Crippen molar-refractivity contribution < 1.29 is 27.9 Å². The number of phenols is 1. The van der Waals surface area contributed by atoms with Gasteiger partial charge in [-0.3, -0.25) is 9.59 Å². The van der Waals surface area contributed by atoms with Crippen LogP contribution in [0.3, 0.4) is 0 Å². The van der Waals surface area contributed by atoms with Gasteiger partial charge in [0.25, 0.3) is 11.8 Å². The first-order valence-electron chi connectivity index (χ1n) is 8.84. The van der Waals surface area contributed by atoms with E-state index in [9.17, 15) is 23.1 Å². The van der Waals surface area contributed by atoms with E-state index in [0.717, 1.165) is 0 Å². The molecule has 0 aliphatic heterocycles. The van der Waals surface area contributed by atoms with Crippen LogP contribution in [-0.2, 0) is 14.8 Å². The molecule has 2 amide bonds. The highest BCUT2D eigenvalue weighted by atomic mass is 32.2. The number of nitrogens with zero attached hydrogens (tertiary/aromatic N) is 1. The maximum absolute atomic E-state index is 12.7. The largest absolute Gasteiger partial charge is 0.506 e. The number of nitrogens with one attached hydrogen (secondary N) is 1. The maximum atomic E-state index is 12.7. The number of amides is 2. The van der Waals surface area contributed by atoms with Crippen molar-refractivity contribution in [3.63, 3.8) is 0 Å². The highest BCUT2D eigenvalue weighted by molar-refractivity contribution is 7.89. The van der Waals surface area contributed by atoms with Crippen molar-refractivity contribution in [2.24, 2.45) is 5.73 Å². The first-order valence-corrected chi connectivity index (χ1v) is 10.3. The quantitative estimate of drug-likeness (QED) is 0.525. The zero-order chi connectivity index (χ0) is 21.6. The van der Waals surface area contributed by atoms with Crippen molar-refractivity contribution >= 4 is 27.5 Å². The molecule has 9 nitrogen and oxygen atoms in total. The highest BCUT2D eigenvalue weighted by Gasteiger charge is 2.23. The van der Waals surface area contributed by atoms with E-state index in [-0.39, 0.29) is 34.3 Å². The van der Waals surface area contributed by atoms with Gasteiger partial charge in [0.1, 0.15) is 11.5 Å². The van der Waals surface area contributed by atoms with Gasteiger partial charge in [-0.25, -0.2) is 8.42 Å². The van der Waals surface area contributed by atoms with E-state index >= 15 is 0 Å². The van der Waals surface area contributed by atoms with Crippen LogP contribution in [0.15, 0.2) is 47.4 Å². The molecule has 0 saturated heterocycles. The van der Waals surface area contributed by atoms with Gasteiger partial charge < -0.3 is 20.9 Å². The van der Waals surface area contributed by atoms with Crippen LogP contribution in [0, 0.1) is 0 Å². The molecule has 0 unspecified atom stereocenters. The van der Waals surface area contributed by atoms with E-state index in [2.05, 4.69) is 5.32 Å². The summed E-state index contributed by atoms with van der Waals surface area (Å²) in [4.78, 5) is 23.3. The summed E-state index contributed by atoms with van der Waals surface area (Å²) in [5.41, 5.74) is 5.16. The summed E-state index contributed by atoms with van der Waals surface area (Å²) in [5.74, 6) is -1.27. The molecule has 0 aliphatic carbocycles. The summed E-state index contributed by atoms with van der Waals surface area (Å²) in [7, 11) is -3.76. The highest BCUT2D eigenvalue weighted by Crippen LogP contribution is 2.28. The molecule has 0 heterocycles. The van der Waals surface area contributed by atoms with Gasteiger partial charge in [-0.15, -0.1) is 0 Å². The second-order valence-corrected chi connectivity index (χ2v) is 7.94. The summed E-state index contributed by atoms with van der Waals surface area (Å²) < 4.78 is 31.8. The minimum Gasteiger partial charge on any atom is -0.506 e. The Morgan fingerprint density at radius 3 is 2.45 bits per heavy atom. The van der Waals surface area contributed by atoms with Crippen LogP contribution in [0.5, 0.6) is 11.5 Å². The number of rotatable bonds is 9. The lowest BCUT2D eigenvalue weighted by Crippen LogP contribution is -2.30. The molecule has 2 aromatic rings. The molecule has 2 aromatic carbocycles. The number of nitrogens with two attached hydrogens (primary N) is 1. The lowest BCUT2D eigenvalue weighted by Gasteiger charge is -2.19. The number of carbonyl (C=O) groups excluding carboxylic acids is 2. The summed E-state index contributed by atoms with van der Waals surface area (Å²) in [6.45, 7) is 3.69. The van der Waals surface area contributed by atoms with Gasteiger partial charge in [0.2, 0.25) is 10.0 Å². The lowest BCUT2D eigenvalue weighted by atomic mass is 10.2. The van der Waals surface area contributed by atoms with Crippen LogP contribution in [0.4, 0.5) is 5.69 Å². The molecular weight excluding hydrogens is 398 g/mol. The van der Waals surface area contributed by atoms with Gasteiger partial charge in [0.05, 0.1) is 10.6 Å². The van der Waals surface area contributed by atoms with Gasteiger partial charge in [-0.2, -0.15) is 4.31 Å². The molecule has 2 rings (SSSR count). The molecule has 4 N–H and O–H groups in total. The predicted molar refractivity (Wildman–Crippen MR) is 107 cm³/mol. The second-order valence-electron chi connectivity index (χ2n) is 6.01. The number of aromatic hydroxyl groups is 1. The minimum absolute atomic E-state index is 0.0483. The monoisotopic (exact) mass is 421 g/mol. The van der Waals surface area contributed by atoms with E-state index in [1.807, 2.05) is 0 Å². The van der Waals surface area contributed by atoms with E-state index in [0.29, 0.717) is 13.1 Å². The summed E-state index contributed by atoms with van der Waals surface area (Å²) in [6.07, 6.45) is 0. The average Bonchev–Trinajstić information content (AvgIpc) is 2.68. The third-order valence-electron chi connectivity index (χ3n) is 4.04. The Labute approximate surface area is 169 Å². The second kappa shape index (κ2) is 9.39. The third-order valence-corrected chi connectivity index (χ3v) is 6.08. The first kappa shape index (κ1) is 22.2. The molecule has 0 spiro atoms. The minimum atomic E-state index is -3.76. The number of anilines is 1. The normalized spacial score (nSPS) is 11.3. The molecule has 0 fully saturated rings. The number of primary amides is 1. The number of hydrogen-bond donors (Lipinski definition) is 3. The van der Waals surface area contributed by atoms with Crippen LogP contribution < -0.4 is 15.8 Å². The molecule has 0 aromatic heterocycles. The third kappa shape index (κ3) is 5.46. The summed E-state index contributed by atoms with van der Waals surface area (Å²) in [6, 6.07) is 9.68. The van der Waals surface area contributed by atoms with Crippen molar-refractivity contribution in [1.29, 1.82) is 0 Å². The Balaban J connectivity index is 2.27. The number of carbonyl (C=O) groups is 2. The van der Waals surface area contributed by atoms with Crippen LogP contribution in [0.2, 0.25) is 0 Å². The number of sulfonamides is 1. The van der Waals surface area contributed by atoms with E-state index in [4.69, 9.17) is 10.5 Å². The number of benzene rings is 2. The predicted octanol–water partition coefficient (Wildman–Crippen LogP) is 1.54. The summed E-state index contributed by atoms with van der Waals surface area (Å²) >= 11 is 0. The number of hydrogen-bond acceptors (Lipinski definition) is 6. The fourth-order valence-corrected chi connectivity index (χ4v) is 4.05. The molecule has 156 valence electrons. The Morgan fingerprint density at radius 2 is 1.83 bits per heavy atom. The Hall–Kier alpha value is -3.11. The van der Waals surface area contributed by atoms with Gasteiger partial charge in [-0.1, -0.05) is 19.9 Å². The Kier molecular flexibility index (Phi) is 7.18. The topological polar surface area (TPSA) is 139 Å². The van der Waals surface area contributed by atoms with Crippen LogP contribution >= 0.6 is 0 Å². The van der Waals surface area contributed by atoms with Gasteiger partial charge in [0, 0.05) is 18.7 Å². The van der Waals surface area contributed by atoms with Crippen molar-refractivity contribution in [2.75, 3.05) is 25.0 Å². The maximum Gasteiger partial charge on any atom is 0.255 e. The van der Waals surface area contributed by atoms with E-state index in [1.165, 1.54) is 34.6 Å². The lowest BCUT2D eigenvalue weighted by molar-refractivity contribution is -0.119.